The van der Waals surface area contributed by atoms with Gasteiger partial charge in [-0.15, -0.1) is 0 Å². The molecule has 0 spiro atoms. The molecule has 0 heterocycles. The summed E-state index contributed by atoms with van der Waals surface area (Å²) in [6.45, 7) is 0. The highest BCUT2D eigenvalue weighted by Gasteiger charge is 1.93. The summed E-state index contributed by atoms with van der Waals surface area (Å²) in [4.78, 5) is 9.00. The van der Waals surface area contributed by atoms with Gasteiger partial charge in [0.1, 0.15) is 0 Å². The van der Waals surface area contributed by atoms with Gasteiger partial charge >= 0.3 is 6.03 Å². The fourth-order valence-electron chi connectivity index (χ4n) is 1.58. The monoisotopic (exact) mass is 242 g/mol. The Morgan fingerprint density at radius 1 is 0.722 bits per heavy atom. The van der Waals surface area contributed by atoms with Crippen molar-refractivity contribution >= 4 is 6.03 Å². The predicted octanol–water partition coefficient (Wildman–Crippen LogP) is 2.50. The zero-order valence-electron chi connectivity index (χ0n) is 10.3. The third-order valence-corrected chi connectivity index (χ3v) is 2.39. The highest BCUT2D eigenvalue weighted by Crippen LogP contribution is 2.06. The van der Waals surface area contributed by atoms with E-state index in [1.807, 2.05) is 0 Å². The van der Waals surface area contributed by atoms with Crippen molar-refractivity contribution in [2.24, 2.45) is 11.5 Å². The molecule has 0 aromatic heterocycles. The lowest BCUT2D eigenvalue weighted by Crippen LogP contribution is -2.18. The van der Waals surface area contributed by atoms with Crippen LogP contribution in [0, 0.1) is 0 Å². The van der Waals surface area contributed by atoms with Crippen molar-refractivity contribution in [1.29, 1.82) is 0 Å². The van der Waals surface area contributed by atoms with Gasteiger partial charge in [0.25, 0.3) is 0 Å². The third-order valence-electron chi connectivity index (χ3n) is 2.39. The van der Waals surface area contributed by atoms with E-state index < -0.39 is 6.03 Å². The third kappa shape index (κ3) is 6.33. The minimum absolute atomic E-state index is 0.833. The van der Waals surface area contributed by atoms with Gasteiger partial charge in [-0.25, -0.2) is 4.79 Å². The molecule has 0 aliphatic rings. The van der Waals surface area contributed by atoms with Gasteiger partial charge < -0.3 is 11.5 Å². The predicted molar refractivity (Wildman–Crippen MR) is 74.1 cm³/mol. The number of carbonyl (C=O) groups is 1. The summed E-state index contributed by atoms with van der Waals surface area (Å²) in [6.07, 6.45) is 2.26. The van der Waals surface area contributed by atoms with Gasteiger partial charge in [0.15, 0.2) is 0 Å². The fraction of sp³-hybridized carbons (Fsp3) is 0.133. The molecule has 0 aliphatic carbocycles. The molecule has 0 atom stereocenters. The molecule has 18 heavy (non-hydrogen) atoms. The second-order valence-electron chi connectivity index (χ2n) is 3.87. The Morgan fingerprint density at radius 2 is 1.00 bits per heavy atom. The Hall–Kier alpha value is -2.29. The van der Waals surface area contributed by atoms with Crippen molar-refractivity contribution in [2.45, 2.75) is 12.8 Å². The zero-order chi connectivity index (χ0) is 13.2. The van der Waals surface area contributed by atoms with Crippen LogP contribution in [0.5, 0.6) is 0 Å². The van der Waals surface area contributed by atoms with E-state index in [9.17, 15) is 0 Å². The summed E-state index contributed by atoms with van der Waals surface area (Å²) in [5.74, 6) is 0. The summed E-state index contributed by atoms with van der Waals surface area (Å²) >= 11 is 0. The van der Waals surface area contributed by atoms with Gasteiger partial charge in [0.2, 0.25) is 0 Å². The zero-order valence-corrected chi connectivity index (χ0v) is 10.3. The molecule has 2 amide bonds. The maximum Gasteiger partial charge on any atom is 0.309 e. The molecule has 4 N–H and O–H groups in total. The quantitative estimate of drug-likeness (QED) is 0.853. The normalized spacial score (nSPS) is 9.11. The number of rotatable bonds is 3. The molecule has 94 valence electrons. The summed E-state index contributed by atoms with van der Waals surface area (Å²) in [7, 11) is 0. The van der Waals surface area contributed by atoms with Crippen molar-refractivity contribution in [2.75, 3.05) is 0 Å². The first-order valence-corrected chi connectivity index (χ1v) is 5.81. The lowest BCUT2D eigenvalue weighted by atomic mass is 10.0. The number of nitrogens with two attached hydrogens (primary N) is 2. The van der Waals surface area contributed by atoms with Crippen molar-refractivity contribution in [1.82, 2.24) is 0 Å². The molecule has 2 aromatic rings. The van der Waals surface area contributed by atoms with Crippen LogP contribution in [-0.2, 0) is 12.8 Å². The van der Waals surface area contributed by atoms with E-state index in [1.165, 1.54) is 11.1 Å². The van der Waals surface area contributed by atoms with Crippen molar-refractivity contribution in [3.05, 3.63) is 71.8 Å². The van der Waals surface area contributed by atoms with Crippen LogP contribution in [0.25, 0.3) is 0 Å². The molecule has 0 saturated heterocycles. The van der Waals surface area contributed by atoms with Gasteiger partial charge in [-0.2, -0.15) is 0 Å². The van der Waals surface area contributed by atoms with Gasteiger partial charge in [-0.05, 0) is 24.0 Å². The molecular formula is C15H18N2O. The van der Waals surface area contributed by atoms with Gasteiger partial charge in [0.05, 0.1) is 0 Å². The van der Waals surface area contributed by atoms with Crippen LogP contribution in [0.1, 0.15) is 11.1 Å². The van der Waals surface area contributed by atoms with E-state index in [-0.39, 0.29) is 0 Å². The molecule has 3 heteroatoms. The van der Waals surface area contributed by atoms with Crippen molar-refractivity contribution < 1.29 is 4.79 Å². The first-order valence-electron chi connectivity index (χ1n) is 5.81. The molecule has 3 nitrogen and oxygen atoms in total. The summed E-state index contributed by atoms with van der Waals surface area (Å²) in [5.41, 5.74) is 11.3. The van der Waals surface area contributed by atoms with E-state index >= 15 is 0 Å². The van der Waals surface area contributed by atoms with E-state index in [0.717, 1.165) is 12.8 Å². The standard InChI is InChI=1S/C14H14.CH4N2O/c1-3-7-13(8-4-1)11-12-14-9-5-2-6-10-14;2-1(3)4/h1-10H,11-12H2;(H4,2,3,4). The molecular weight excluding hydrogens is 224 g/mol. The minimum Gasteiger partial charge on any atom is -0.352 e. The number of urea groups is 1. The molecule has 0 unspecified atom stereocenters. The van der Waals surface area contributed by atoms with Crippen LogP contribution < -0.4 is 11.5 Å². The first kappa shape index (κ1) is 13.8. The van der Waals surface area contributed by atoms with Crippen LogP contribution in [0.3, 0.4) is 0 Å². The van der Waals surface area contributed by atoms with Crippen LogP contribution >= 0.6 is 0 Å². The lowest BCUT2D eigenvalue weighted by Gasteiger charge is -2.01. The number of benzene rings is 2. The van der Waals surface area contributed by atoms with E-state index in [0.29, 0.717) is 0 Å². The number of carbonyl (C=O) groups excluding carboxylic acids is 1. The smallest absolute Gasteiger partial charge is 0.309 e. The Balaban J connectivity index is 0.000000357. The second-order valence-corrected chi connectivity index (χ2v) is 3.87. The fourth-order valence-corrected chi connectivity index (χ4v) is 1.58. The molecule has 0 aliphatic heterocycles. The lowest BCUT2D eigenvalue weighted by molar-refractivity contribution is 0.256. The summed E-state index contributed by atoms with van der Waals surface area (Å²) in [5, 5.41) is 0. The highest BCUT2D eigenvalue weighted by atomic mass is 16.2. The van der Waals surface area contributed by atoms with Crippen molar-refractivity contribution in [3.8, 4) is 0 Å². The SMILES string of the molecule is NC(N)=O.c1ccc(CCc2ccccc2)cc1. The molecule has 2 aromatic carbocycles. The Morgan fingerprint density at radius 3 is 1.28 bits per heavy atom. The maximum atomic E-state index is 9.00. The minimum atomic E-state index is -0.833. The summed E-state index contributed by atoms with van der Waals surface area (Å²) < 4.78 is 0. The van der Waals surface area contributed by atoms with Crippen LogP contribution in [-0.4, -0.2) is 6.03 Å². The number of amides is 2. The average molecular weight is 242 g/mol. The number of aryl methyl sites for hydroxylation is 2. The maximum absolute atomic E-state index is 9.00. The van der Waals surface area contributed by atoms with E-state index in [2.05, 4.69) is 72.1 Å². The van der Waals surface area contributed by atoms with Crippen LogP contribution in [0.2, 0.25) is 0 Å². The summed E-state index contributed by atoms with van der Waals surface area (Å²) in [6, 6.07) is 20.4. The molecule has 0 radical (unpaired) electrons. The number of primary amides is 2. The number of hydrogen-bond acceptors (Lipinski definition) is 1. The topological polar surface area (TPSA) is 69.1 Å². The largest absolute Gasteiger partial charge is 0.352 e. The molecule has 0 saturated carbocycles. The van der Waals surface area contributed by atoms with Gasteiger partial charge in [0, 0.05) is 0 Å². The van der Waals surface area contributed by atoms with E-state index in [1.54, 1.807) is 0 Å². The van der Waals surface area contributed by atoms with Gasteiger partial charge in [-0.3, -0.25) is 0 Å². The highest BCUT2D eigenvalue weighted by molar-refractivity contribution is 5.69. The van der Waals surface area contributed by atoms with Crippen molar-refractivity contribution in [3.63, 3.8) is 0 Å². The van der Waals surface area contributed by atoms with Crippen LogP contribution in [0.4, 0.5) is 4.79 Å². The number of hydrogen-bond donors (Lipinski definition) is 2. The van der Waals surface area contributed by atoms with E-state index in [4.69, 9.17) is 4.79 Å². The Labute approximate surface area is 107 Å². The Bertz CT molecular complexity index is 411. The molecule has 2 rings (SSSR count). The first-order chi connectivity index (χ1) is 8.68. The van der Waals surface area contributed by atoms with Gasteiger partial charge in [-0.1, -0.05) is 60.7 Å². The molecule has 0 fully saturated rings. The second kappa shape index (κ2) is 7.90. The molecule has 0 bridgehead atoms. The Kier molecular flexibility index (Phi) is 6.04. The van der Waals surface area contributed by atoms with Crippen LogP contribution in [0.15, 0.2) is 60.7 Å². The average Bonchev–Trinajstić information content (AvgIpc) is 2.38.